The summed E-state index contributed by atoms with van der Waals surface area (Å²) in [5.74, 6) is -1.56. The van der Waals surface area contributed by atoms with Crippen molar-refractivity contribution in [3.8, 4) is 0 Å². The van der Waals surface area contributed by atoms with Crippen LogP contribution in [0.3, 0.4) is 0 Å². The predicted molar refractivity (Wildman–Crippen MR) is 49.6 cm³/mol. The van der Waals surface area contributed by atoms with Crippen LogP contribution in [0.5, 0.6) is 0 Å². The fourth-order valence-corrected chi connectivity index (χ4v) is 2.03. The Morgan fingerprint density at radius 3 is 2.29 bits per heavy atom. The Hall–Kier alpha value is -1.32. The number of carboxylic acids is 1. The molecule has 0 aromatic heterocycles. The Kier molecular flexibility index (Phi) is 2.64. The molecule has 0 heterocycles. The number of carbonyl (C=O) groups excluding carboxylic acids is 1. The lowest BCUT2D eigenvalue weighted by Crippen LogP contribution is -2.03. The van der Waals surface area contributed by atoms with Crippen molar-refractivity contribution in [3.63, 3.8) is 0 Å². The first-order valence-electron chi connectivity index (χ1n) is 4.37. The van der Waals surface area contributed by atoms with E-state index in [-0.39, 0.29) is 11.3 Å². The van der Waals surface area contributed by atoms with Crippen LogP contribution >= 0.6 is 0 Å². The van der Waals surface area contributed by atoms with Gasteiger partial charge in [-0.3, -0.25) is 9.59 Å². The van der Waals surface area contributed by atoms with Gasteiger partial charge in [-0.25, -0.2) is 0 Å². The normalized spacial score (nSPS) is 29.5. The van der Waals surface area contributed by atoms with Gasteiger partial charge in [0, 0.05) is 11.5 Å². The zero-order valence-corrected chi connectivity index (χ0v) is 8.48. The minimum absolute atomic E-state index is 0.225. The molecule has 0 aromatic rings. The molecular formula is C10H14O4. The molecule has 1 saturated carbocycles. The van der Waals surface area contributed by atoms with Gasteiger partial charge in [-0.2, -0.15) is 0 Å². The molecule has 2 atom stereocenters. The largest absolute Gasteiger partial charge is 0.504 e. The quantitative estimate of drug-likeness (QED) is 0.417. The molecule has 4 nitrogen and oxygen atoms in total. The van der Waals surface area contributed by atoms with Crippen molar-refractivity contribution >= 4 is 12.3 Å². The van der Waals surface area contributed by atoms with Gasteiger partial charge in [0.25, 0.3) is 0 Å². The van der Waals surface area contributed by atoms with Gasteiger partial charge in [0.2, 0.25) is 0 Å². The molecule has 0 aromatic carbocycles. The van der Waals surface area contributed by atoms with E-state index in [1.54, 1.807) is 0 Å². The van der Waals surface area contributed by atoms with Crippen LogP contribution < -0.4 is 0 Å². The molecule has 0 saturated heterocycles. The fourth-order valence-electron chi connectivity index (χ4n) is 2.03. The highest BCUT2D eigenvalue weighted by Gasteiger charge is 2.63. The lowest BCUT2D eigenvalue weighted by Gasteiger charge is -2.00. The van der Waals surface area contributed by atoms with Crippen LogP contribution in [0.4, 0.5) is 0 Å². The number of methoxy groups -OCH3 is 1. The number of carboxylic acid groups (broad SMARTS) is 1. The third-order valence-electron chi connectivity index (χ3n) is 2.84. The standard InChI is InChI=1S/C10H14O4/c1-10(2)7(8(10)9(12)13)6(4-11)5-14-3/h4-5,7-8H,1-3H3,(H,12,13)/b6-5-/t7-,8-/m0/s1. The smallest absolute Gasteiger partial charge is 0.307 e. The third kappa shape index (κ3) is 1.52. The van der Waals surface area contributed by atoms with Gasteiger partial charge in [0.15, 0.2) is 0 Å². The van der Waals surface area contributed by atoms with Crippen LogP contribution in [-0.4, -0.2) is 24.5 Å². The van der Waals surface area contributed by atoms with Gasteiger partial charge in [0.1, 0.15) is 6.29 Å². The molecule has 0 unspecified atom stereocenters. The van der Waals surface area contributed by atoms with Crippen molar-refractivity contribution in [1.82, 2.24) is 0 Å². The van der Waals surface area contributed by atoms with Gasteiger partial charge in [-0.05, 0) is 5.41 Å². The predicted octanol–water partition coefficient (Wildman–Crippen LogP) is 1.07. The van der Waals surface area contributed by atoms with E-state index < -0.39 is 11.9 Å². The number of aliphatic carboxylic acids is 1. The van der Waals surface area contributed by atoms with Crippen LogP contribution in [-0.2, 0) is 14.3 Å². The van der Waals surface area contributed by atoms with Gasteiger partial charge in [0.05, 0.1) is 19.3 Å². The SMILES string of the molecule is CO/C=C(/C=O)[C@H]1[C@@H](C(=O)O)C1(C)C. The number of carbonyl (C=O) groups is 2. The highest BCUT2D eigenvalue weighted by atomic mass is 16.5. The maximum Gasteiger partial charge on any atom is 0.307 e. The summed E-state index contributed by atoms with van der Waals surface area (Å²) in [5.41, 5.74) is 0.0711. The van der Waals surface area contributed by atoms with E-state index in [0.29, 0.717) is 11.9 Å². The molecule has 1 N–H and O–H groups in total. The second kappa shape index (κ2) is 3.44. The molecule has 0 aliphatic heterocycles. The first-order chi connectivity index (χ1) is 6.46. The molecule has 14 heavy (non-hydrogen) atoms. The van der Waals surface area contributed by atoms with Crippen molar-refractivity contribution in [2.45, 2.75) is 13.8 Å². The molecule has 1 rings (SSSR count). The van der Waals surface area contributed by atoms with E-state index in [1.165, 1.54) is 13.4 Å². The second-order valence-electron chi connectivity index (χ2n) is 4.09. The highest BCUT2D eigenvalue weighted by molar-refractivity contribution is 5.83. The number of aldehydes is 1. The first-order valence-corrected chi connectivity index (χ1v) is 4.37. The number of rotatable bonds is 4. The molecule has 0 spiro atoms. The van der Waals surface area contributed by atoms with Gasteiger partial charge < -0.3 is 9.84 Å². The minimum atomic E-state index is -0.858. The van der Waals surface area contributed by atoms with E-state index in [0.717, 1.165) is 0 Å². The molecule has 1 fully saturated rings. The average Bonchev–Trinajstić information content (AvgIpc) is 2.65. The second-order valence-corrected chi connectivity index (χ2v) is 4.09. The number of ether oxygens (including phenoxy) is 1. The van der Waals surface area contributed by atoms with Crippen LogP contribution in [0.2, 0.25) is 0 Å². The molecule has 78 valence electrons. The van der Waals surface area contributed by atoms with Gasteiger partial charge >= 0.3 is 5.97 Å². The molecule has 1 aliphatic rings. The summed E-state index contributed by atoms with van der Waals surface area (Å²) in [6.07, 6.45) is 1.99. The molecule has 0 radical (unpaired) electrons. The lowest BCUT2D eigenvalue weighted by molar-refractivity contribution is -0.139. The maximum absolute atomic E-state index is 10.8. The fraction of sp³-hybridized carbons (Fsp3) is 0.600. The van der Waals surface area contributed by atoms with E-state index >= 15 is 0 Å². The van der Waals surface area contributed by atoms with Crippen molar-refractivity contribution in [2.75, 3.05) is 7.11 Å². The highest BCUT2D eigenvalue weighted by Crippen LogP contribution is 2.61. The van der Waals surface area contributed by atoms with Gasteiger partial charge in [-0.15, -0.1) is 0 Å². The van der Waals surface area contributed by atoms with Gasteiger partial charge in [-0.1, -0.05) is 13.8 Å². The Bertz CT molecular complexity index is 290. The third-order valence-corrected chi connectivity index (χ3v) is 2.84. The zero-order valence-electron chi connectivity index (χ0n) is 8.48. The summed E-state index contributed by atoms with van der Waals surface area (Å²) in [5, 5.41) is 8.89. The molecule has 0 amide bonds. The summed E-state index contributed by atoms with van der Waals surface area (Å²) >= 11 is 0. The Balaban J connectivity index is 2.86. The summed E-state index contributed by atoms with van der Waals surface area (Å²) in [6.45, 7) is 3.67. The van der Waals surface area contributed by atoms with Crippen LogP contribution in [0.15, 0.2) is 11.8 Å². The van der Waals surface area contributed by atoms with E-state index in [9.17, 15) is 9.59 Å². The lowest BCUT2D eigenvalue weighted by atomic mass is 10.1. The van der Waals surface area contributed by atoms with E-state index in [1.807, 2.05) is 13.8 Å². The molecule has 1 aliphatic carbocycles. The Labute approximate surface area is 82.6 Å². The zero-order chi connectivity index (χ0) is 10.9. The van der Waals surface area contributed by atoms with Crippen LogP contribution in [0, 0.1) is 17.3 Å². The number of hydrogen-bond acceptors (Lipinski definition) is 3. The summed E-state index contributed by atoms with van der Waals surface area (Å²) < 4.78 is 4.73. The average molecular weight is 198 g/mol. The van der Waals surface area contributed by atoms with Crippen LogP contribution in [0.1, 0.15) is 13.8 Å². The van der Waals surface area contributed by atoms with Crippen molar-refractivity contribution in [3.05, 3.63) is 11.8 Å². The van der Waals surface area contributed by atoms with E-state index in [2.05, 4.69) is 0 Å². The van der Waals surface area contributed by atoms with Crippen molar-refractivity contribution < 1.29 is 19.4 Å². The van der Waals surface area contributed by atoms with Crippen molar-refractivity contribution in [1.29, 1.82) is 0 Å². The summed E-state index contributed by atoms with van der Waals surface area (Å²) in [6, 6.07) is 0. The summed E-state index contributed by atoms with van der Waals surface area (Å²) in [7, 11) is 1.44. The number of allylic oxidation sites excluding steroid dienone is 1. The number of hydrogen-bond donors (Lipinski definition) is 1. The van der Waals surface area contributed by atoms with Crippen LogP contribution in [0.25, 0.3) is 0 Å². The molecule has 4 heteroatoms. The van der Waals surface area contributed by atoms with Crippen molar-refractivity contribution in [2.24, 2.45) is 17.3 Å². The molecular weight excluding hydrogens is 184 g/mol. The molecule has 0 bridgehead atoms. The summed E-state index contributed by atoms with van der Waals surface area (Å²) in [4.78, 5) is 21.5. The van der Waals surface area contributed by atoms with E-state index in [4.69, 9.17) is 9.84 Å². The minimum Gasteiger partial charge on any atom is -0.504 e. The maximum atomic E-state index is 10.8. The monoisotopic (exact) mass is 198 g/mol. The topological polar surface area (TPSA) is 63.6 Å². The Morgan fingerprint density at radius 1 is 1.43 bits per heavy atom. The first kappa shape index (κ1) is 10.8. The Morgan fingerprint density at radius 2 is 2.00 bits per heavy atom.